The third kappa shape index (κ3) is 2.77. The van der Waals surface area contributed by atoms with Crippen molar-refractivity contribution in [3.05, 3.63) is 18.2 Å². The van der Waals surface area contributed by atoms with Crippen molar-refractivity contribution in [1.29, 1.82) is 0 Å². The minimum atomic E-state index is -3.19. The van der Waals surface area contributed by atoms with Gasteiger partial charge in [0, 0.05) is 18.8 Å². The molecule has 1 aliphatic heterocycles. The molecule has 0 saturated carbocycles. The quantitative estimate of drug-likeness (QED) is 0.883. The Morgan fingerprint density at radius 2 is 2.11 bits per heavy atom. The number of para-hydroxylation sites is 1. The van der Waals surface area contributed by atoms with E-state index in [1.54, 1.807) is 12.1 Å². The average Bonchev–Trinajstić information content (AvgIpc) is 2.25. The SMILES string of the molecule is CC(C)CC1CNc2c(cccc2S(C)(=O)=O)N1. The first-order valence-electron chi connectivity index (χ1n) is 6.21. The van der Waals surface area contributed by atoms with Crippen LogP contribution in [0, 0.1) is 5.92 Å². The van der Waals surface area contributed by atoms with Crippen molar-refractivity contribution in [3.8, 4) is 0 Å². The summed E-state index contributed by atoms with van der Waals surface area (Å²) in [6.45, 7) is 5.13. The van der Waals surface area contributed by atoms with Crippen molar-refractivity contribution in [2.24, 2.45) is 5.92 Å². The van der Waals surface area contributed by atoms with Gasteiger partial charge in [-0.05, 0) is 24.5 Å². The third-order valence-electron chi connectivity index (χ3n) is 3.07. The molecule has 1 aromatic carbocycles. The largest absolute Gasteiger partial charge is 0.380 e. The van der Waals surface area contributed by atoms with Gasteiger partial charge in [-0.25, -0.2) is 8.42 Å². The third-order valence-corrected chi connectivity index (χ3v) is 4.21. The maximum Gasteiger partial charge on any atom is 0.177 e. The lowest BCUT2D eigenvalue weighted by Crippen LogP contribution is -2.34. The molecular formula is C13H20N2O2S. The molecule has 1 unspecified atom stereocenters. The highest BCUT2D eigenvalue weighted by Gasteiger charge is 2.23. The van der Waals surface area contributed by atoms with Crippen LogP contribution in [0.15, 0.2) is 23.1 Å². The molecule has 0 saturated heterocycles. The van der Waals surface area contributed by atoms with Crippen LogP contribution >= 0.6 is 0 Å². The number of nitrogens with one attached hydrogen (secondary N) is 2. The van der Waals surface area contributed by atoms with Crippen LogP contribution in [-0.4, -0.2) is 27.3 Å². The minimum absolute atomic E-state index is 0.354. The first kappa shape index (κ1) is 13.2. The molecule has 100 valence electrons. The van der Waals surface area contributed by atoms with Crippen LogP contribution in [0.5, 0.6) is 0 Å². The molecule has 1 atom stereocenters. The fraction of sp³-hybridized carbons (Fsp3) is 0.538. The molecule has 1 aromatic rings. The Morgan fingerprint density at radius 3 is 2.72 bits per heavy atom. The fourth-order valence-corrected chi connectivity index (χ4v) is 3.23. The summed E-state index contributed by atoms with van der Waals surface area (Å²) in [4.78, 5) is 0.371. The van der Waals surface area contributed by atoms with E-state index in [1.165, 1.54) is 6.26 Å². The summed E-state index contributed by atoms with van der Waals surface area (Å²) in [6.07, 6.45) is 2.31. The van der Waals surface area contributed by atoms with E-state index in [0.717, 1.165) is 18.7 Å². The van der Waals surface area contributed by atoms with E-state index in [-0.39, 0.29) is 0 Å². The maximum absolute atomic E-state index is 11.7. The molecule has 0 fully saturated rings. The molecule has 0 aromatic heterocycles. The molecule has 0 spiro atoms. The van der Waals surface area contributed by atoms with Crippen molar-refractivity contribution in [3.63, 3.8) is 0 Å². The van der Waals surface area contributed by atoms with Crippen LogP contribution in [0.2, 0.25) is 0 Å². The van der Waals surface area contributed by atoms with Gasteiger partial charge in [0.05, 0.1) is 16.3 Å². The number of benzene rings is 1. The Morgan fingerprint density at radius 1 is 1.39 bits per heavy atom. The van der Waals surface area contributed by atoms with Gasteiger partial charge in [-0.3, -0.25) is 0 Å². The molecule has 0 radical (unpaired) electrons. The minimum Gasteiger partial charge on any atom is -0.380 e. The van der Waals surface area contributed by atoms with Crippen molar-refractivity contribution in [2.45, 2.75) is 31.2 Å². The summed E-state index contributed by atoms with van der Waals surface area (Å²) in [5.41, 5.74) is 1.59. The van der Waals surface area contributed by atoms with Gasteiger partial charge in [-0.2, -0.15) is 0 Å². The van der Waals surface area contributed by atoms with Crippen LogP contribution in [-0.2, 0) is 9.84 Å². The van der Waals surface area contributed by atoms with E-state index in [4.69, 9.17) is 0 Å². The Bertz CT molecular complexity index is 538. The second-order valence-corrected chi connectivity index (χ2v) is 7.29. The van der Waals surface area contributed by atoms with Crippen LogP contribution in [0.3, 0.4) is 0 Å². The fourth-order valence-electron chi connectivity index (χ4n) is 2.35. The molecular weight excluding hydrogens is 248 g/mol. The first-order valence-corrected chi connectivity index (χ1v) is 8.10. The van der Waals surface area contributed by atoms with Gasteiger partial charge >= 0.3 is 0 Å². The molecule has 1 aliphatic rings. The molecule has 2 rings (SSSR count). The number of rotatable bonds is 3. The zero-order valence-corrected chi connectivity index (χ0v) is 11.8. The molecule has 5 heteroatoms. The monoisotopic (exact) mass is 268 g/mol. The normalized spacial score (nSPS) is 19.0. The zero-order valence-electron chi connectivity index (χ0n) is 11.0. The van der Waals surface area contributed by atoms with Crippen LogP contribution < -0.4 is 10.6 Å². The first-order chi connectivity index (χ1) is 8.38. The lowest BCUT2D eigenvalue weighted by Gasteiger charge is -2.30. The summed E-state index contributed by atoms with van der Waals surface area (Å²) < 4.78 is 23.4. The van der Waals surface area contributed by atoms with Gasteiger partial charge in [0.15, 0.2) is 9.84 Å². The Kier molecular flexibility index (Phi) is 3.52. The Balaban J connectivity index is 2.30. The smallest absolute Gasteiger partial charge is 0.177 e. The predicted molar refractivity (Wildman–Crippen MR) is 74.9 cm³/mol. The number of fused-ring (bicyclic) bond motifs is 1. The number of anilines is 2. The molecule has 0 amide bonds. The van der Waals surface area contributed by atoms with Gasteiger partial charge < -0.3 is 10.6 Å². The van der Waals surface area contributed by atoms with E-state index >= 15 is 0 Å². The van der Waals surface area contributed by atoms with Crippen molar-refractivity contribution >= 4 is 21.2 Å². The number of hydrogen-bond donors (Lipinski definition) is 2. The van der Waals surface area contributed by atoms with Crippen molar-refractivity contribution < 1.29 is 8.42 Å². The van der Waals surface area contributed by atoms with Gasteiger partial charge in [0.25, 0.3) is 0 Å². The molecule has 0 aliphatic carbocycles. The standard InChI is InChI=1S/C13H20N2O2S/c1-9(2)7-10-8-14-13-11(15-10)5-4-6-12(13)18(3,16)17/h4-6,9-10,14-15H,7-8H2,1-3H3. The Hall–Kier alpha value is -1.23. The molecule has 2 N–H and O–H groups in total. The molecule has 4 nitrogen and oxygen atoms in total. The van der Waals surface area contributed by atoms with Crippen LogP contribution in [0.1, 0.15) is 20.3 Å². The lowest BCUT2D eigenvalue weighted by atomic mass is 10.0. The van der Waals surface area contributed by atoms with Gasteiger partial charge in [0.1, 0.15) is 0 Å². The van der Waals surface area contributed by atoms with E-state index in [0.29, 0.717) is 22.5 Å². The summed E-state index contributed by atoms with van der Waals surface area (Å²) in [7, 11) is -3.19. The van der Waals surface area contributed by atoms with E-state index in [9.17, 15) is 8.42 Å². The average molecular weight is 268 g/mol. The predicted octanol–water partition coefficient (Wildman–Crippen LogP) is 2.34. The van der Waals surface area contributed by atoms with E-state index < -0.39 is 9.84 Å². The lowest BCUT2D eigenvalue weighted by molar-refractivity contribution is 0.524. The van der Waals surface area contributed by atoms with Crippen LogP contribution in [0.4, 0.5) is 11.4 Å². The molecule has 1 heterocycles. The summed E-state index contributed by atoms with van der Waals surface area (Å²) in [5, 5.41) is 6.67. The summed E-state index contributed by atoms with van der Waals surface area (Å²) in [5.74, 6) is 0.615. The second kappa shape index (κ2) is 4.80. The topological polar surface area (TPSA) is 58.2 Å². The summed E-state index contributed by atoms with van der Waals surface area (Å²) in [6, 6.07) is 5.70. The molecule has 18 heavy (non-hydrogen) atoms. The van der Waals surface area contributed by atoms with Gasteiger partial charge in [-0.15, -0.1) is 0 Å². The highest BCUT2D eigenvalue weighted by atomic mass is 32.2. The zero-order chi connectivity index (χ0) is 13.3. The number of hydrogen-bond acceptors (Lipinski definition) is 4. The number of sulfone groups is 1. The summed E-state index contributed by atoms with van der Waals surface area (Å²) >= 11 is 0. The maximum atomic E-state index is 11.7. The highest BCUT2D eigenvalue weighted by Crippen LogP contribution is 2.33. The molecule has 0 bridgehead atoms. The van der Waals surface area contributed by atoms with Crippen molar-refractivity contribution in [1.82, 2.24) is 0 Å². The van der Waals surface area contributed by atoms with Gasteiger partial charge in [0.2, 0.25) is 0 Å². The van der Waals surface area contributed by atoms with E-state index in [1.807, 2.05) is 6.07 Å². The van der Waals surface area contributed by atoms with Gasteiger partial charge in [-0.1, -0.05) is 19.9 Å². The Labute approximate surface area is 109 Å². The van der Waals surface area contributed by atoms with Crippen LogP contribution in [0.25, 0.3) is 0 Å². The van der Waals surface area contributed by atoms with Crippen molar-refractivity contribution in [2.75, 3.05) is 23.4 Å². The highest BCUT2D eigenvalue weighted by molar-refractivity contribution is 7.90. The second-order valence-electron chi connectivity index (χ2n) is 5.30. The van der Waals surface area contributed by atoms with E-state index in [2.05, 4.69) is 24.5 Å².